The highest BCUT2D eigenvalue weighted by Gasteiger charge is 2.60. The van der Waals surface area contributed by atoms with E-state index < -0.39 is 17.9 Å². The number of carbonyl (C=O) groups is 1. The van der Waals surface area contributed by atoms with E-state index in [1.54, 1.807) is 0 Å². The van der Waals surface area contributed by atoms with Crippen LogP contribution in [0.25, 0.3) is 0 Å². The molecule has 3 rings (SSSR count). The zero-order valence-electron chi connectivity index (χ0n) is 20.3. The lowest BCUT2D eigenvalue weighted by Crippen LogP contribution is -2.57. The first-order chi connectivity index (χ1) is 15.7. The molecular formula is C24H39NO8. The number of nitrogens with one attached hydrogen (secondary N) is 1. The van der Waals surface area contributed by atoms with Gasteiger partial charge in [0, 0.05) is 39.0 Å². The van der Waals surface area contributed by atoms with Crippen molar-refractivity contribution < 1.29 is 38.0 Å². The Kier molecular flexibility index (Phi) is 9.68. The van der Waals surface area contributed by atoms with E-state index >= 15 is 0 Å². The summed E-state index contributed by atoms with van der Waals surface area (Å²) in [4.78, 5) is 11.5. The molecule has 3 fully saturated rings. The Morgan fingerprint density at radius 1 is 0.909 bits per heavy atom. The molecule has 0 amide bonds. The fraction of sp³-hybridized carbons (Fsp3) is 0.875. The predicted octanol–water partition coefficient (Wildman–Crippen LogP) is 1.77. The summed E-state index contributed by atoms with van der Waals surface area (Å²) in [6.07, 6.45) is 5.85. The van der Waals surface area contributed by atoms with Crippen molar-refractivity contribution in [3.63, 3.8) is 0 Å². The molecule has 0 aromatic heterocycles. The van der Waals surface area contributed by atoms with E-state index in [2.05, 4.69) is 11.2 Å². The van der Waals surface area contributed by atoms with Crippen LogP contribution in [-0.2, 0) is 38.0 Å². The van der Waals surface area contributed by atoms with Crippen molar-refractivity contribution in [1.82, 2.24) is 5.32 Å². The highest BCUT2D eigenvalue weighted by molar-refractivity contribution is 5.78. The Bertz CT molecular complexity index is 676. The predicted molar refractivity (Wildman–Crippen MR) is 119 cm³/mol. The molecule has 0 aliphatic carbocycles. The fourth-order valence-electron chi connectivity index (χ4n) is 4.28. The molecule has 0 saturated carbocycles. The van der Waals surface area contributed by atoms with E-state index in [-0.39, 0.29) is 30.2 Å². The van der Waals surface area contributed by atoms with Crippen molar-refractivity contribution >= 4 is 5.78 Å². The molecule has 0 aromatic rings. The number of Topliss-reactive ketones (excluding diaryl/α,β-unsaturated/α-hetero) is 1. The monoisotopic (exact) mass is 469 g/mol. The van der Waals surface area contributed by atoms with Crippen LogP contribution in [0.1, 0.15) is 53.4 Å². The Morgan fingerprint density at radius 2 is 1.58 bits per heavy atom. The molecule has 3 aliphatic rings. The largest absolute Gasteiger partial charge is 0.379 e. The second-order valence-electron chi connectivity index (χ2n) is 9.48. The quantitative estimate of drug-likeness (QED) is 0.302. The fourth-order valence-corrected chi connectivity index (χ4v) is 4.28. The Labute approximate surface area is 197 Å². The SMILES string of the molecule is C#CCCC(=O)CCCOCCOCCNC[C@H]1O[C@@H]2OC(C)(C)O[C@@H]2[C@H]2OC(C)(C)O[C@H]21. The van der Waals surface area contributed by atoms with Crippen molar-refractivity contribution in [3.8, 4) is 12.3 Å². The number of rotatable bonds is 14. The molecule has 0 spiro atoms. The minimum absolute atomic E-state index is 0.191. The average Bonchev–Trinajstić information content (AvgIpc) is 3.24. The number of terminal acetylenes is 1. The van der Waals surface area contributed by atoms with Gasteiger partial charge in [0.05, 0.1) is 19.8 Å². The van der Waals surface area contributed by atoms with Gasteiger partial charge in [-0.3, -0.25) is 4.79 Å². The molecule has 33 heavy (non-hydrogen) atoms. The molecule has 1 N–H and O–H groups in total. The van der Waals surface area contributed by atoms with Crippen LogP contribution in [0.2, 0.25) is 0 Å². The third kappa shape index (κ3) is 7.98. The van der Waals surface area contributed by atoms with Gasteiger partial charge in [0.2, 0.25) is 0 Å². The van der Waals surface area contributed by atoms with Crippen molar-refractivity contribution in [3.05, 3.63) is 0 Å². The van der Waals surface area contributed by atoms with Crippen molar-refractivity contribution in [2.45, 2.75) is 95.7 Å². The second kappa shape index (κ2) is 12.0. The third-order valence-corrected chi connectivity index (χ3v) is 5.68. The molecule has 3 saturated heterocycles. The molecule has 9 nitrogen and oxygen atoms in total. The number of fused-ring (bicyclic) bond motifs is 3. The van der Waals surface area contributed by atoms with Gasteiger partial charge in [-0.2, -0.15) is 0 Å². The summed E-state index contributed by atoms with van der Waals surface area (Å²) in [5.74, 6) is 1.26. The van der Waals surface area contributed by atoms with Crippen molar-refractivity contribution in [2.24, 2.45) is 0 Å². The van der Waals surface area contributed by atoms with Gasteiger partial charge in [-0.25, -0.2) is 0 Å². The standard InChI is InChI=1S/C24H39NO8/c1-6-7-9-17(26)10-8-12-27-14-15-28-13-11-25-16-18-19-20(31-23(2,3)30-19)21-22(29-18)33-24(4,5)32-21/h1,18-22,25H,7-16H2,2-5H3/t18-,19+,20+,21-,22-/m1/s1. The first kappa shape index (κ1) is 26.5. The normalized spacial score (nSPS) is 31.7. The molecule has 3 aliphatic heterocycles. The van der Waals surface area contributed by atoms with E-state index in [0.29, 0.717) is 65.2 Å². The molecular weight excluding hydrogens is 430 g/mol. The van der Waals surface area contributed by atoms with Crippen LogP contribution in [0.3, 0.4) is 0 Å². The highest BCUT2D eigenvalue weighted by atomic mass is 16.9. The lowest BCUT2D eigenvalue weighted by atomic mass is 9.99. The van der Waals surface area contributed by atoms with Crippen molar-refractivity contribution in [1.29, 1.82) is 0 Å². The van der Waals surface area contributed by atoms with E-state index in [9.17, 15) is 4.79 Å². The van der Waals surface area contributed by atoms with Crippen LogP contribution in [0.5, 0.6) is 0 Å². The zero-order chi connectivity index (χ0) is 23.9. The first-order valence-electron chi connectivity index (χ1n) is 11.9. The van der Waals surface area contributed by atoms with Crippen LogP contribution in [0, 0.1) is 12.3 Å². The van der Waals surface area contributed by atoms with E-state index in [0.717, 1.165) is 0 Å². The second-order valence-corrected chi connectivity index (χ2v) is 9.48. The Balaban J connectivity index is 1.26. The Hall–Kier alpha value is -1.09. The van der Waals surface area contributed by atoms with Gasteiger partial charge >= 0.3 is 0 Å². The lowest BCUT2D eigenvalue weighted by Gasteiger charge is -2.37. The molecule has 0 unspecified atom stereocenters. The van der Waals surface area contributed by atoms with Gasteiger partial charge in [-0.1, -0.05) is 0 Å². The number of hydrogen-bond donors (Lipinski definition) is 1. The van der Waals surface area contributed by atoms with Crippen LogP contribution in [0.4, 0.5) is 0 Å². The molecule has 0 bridgehead atoms. The van der Waals surface area contributed by atoms with Gasteiger partial charge in [0.1, 0.15) is 30.2 Å². The summed E-state index contributed by atoms with van der Waals surface area (Å²) >= 11 is 0. The summed E-state index contributed by atoms with van der Waals surface area (Å²) in [6, 6.07) is 0. The minimum Gasteiger partial charge on any atom is -0.379 e. The molecule has 3 heterocycles. The van der Waals surface area contributed by atoms with Crippen LogP contribution in [0.15, 0.2) is 0 Å². The van der Waals surface area contributed by atoms with Gasteiger partial charge < -0.3 is 38.5 Å². The Morgan fingerprint density at radius 3 is 2.33 bits per heavy atom. The van der Waals surface area contributed by atoms with E-state index in [1.807, 2.05) is 27.7 Å². The zero-order valence-corrected chi connectivity index (χ0v) is 20.3. The highest BCUT2D eigenvalue weighted by Crippen LogP contribution is 2.43. The molecule has 9 heteroatoms. The topological polar surface area (TPSA) is 93.7 Å². The summed E-state index contributed by atoms with van der Waals surface area (Å²) in [5.41, 5.74) is 0. The van der Waals surface area contributed by atoms with Gasteiger partial charge in [-0.15, -0.1) is 12.3 Å². The number of ether oxygens (including phenoxy) is 7. The number of ketones is 1. The smallest absolute Gasteiger partial charge is 0.190 e. The minimum atomic E-state index is -0.717. The maximum absolute atomic E-state index is 11.5. The van der Waals surface area contributed by atoms with Gasteiger partial charge in [0.15, 0.2) is 17.9 Å². The van der Waals surface area contributed by atoms with Gasteiger partial charge in [0.25, 0.3) is 0 Å². The summed E-state index contributed by atoms with van der Waals surface area (Å²) in [6.45, 7) is 10.9. The van der Waals surface area contributed by atoms with Crippen LogP contribution < -0.4 is 5.32 Å². The number of carbonyl (C=O) groups excluding carboxylic acids is 1. The molecule has 0 radical (unpaired) electrons. The average molecular weight is 470 g/mol. The summed E-state index contributed by atoms with van der Waals surface area (Å²) in [5, 5.41) is 3.36. The van der Waals surface area contributed by atoms with Crippen LogP contribution >= 0.6 is 0 Å². The maximum atomic E-state index is 11.5. The van der Waals surface area contributed by atoms with Crippen molar-refractivity contribution in [2.75, 3.05) is 39.5 Å². The first-order valence-corrected chi connectivity index (χ1v) is 11.9. The third-order valence-electron chi connectivity index (χ3n) is 5.68. The van der Waals surface area contributed by atoms with E-state index in [4.69, 9.17) is 39.6 Å². The molecule has 0 aromatic carbocycles. The molecule has 5 atom stereocenters. The summed E-state index contributed by atoms with van der Waals surface area (Å²) in [7, 11) is 0. The number of hydrogen-bond acceptors (Lipinski definition) is 9. The lowest BCUT2D eigenvalue weighted by molar-refractivity contribution is -0.232. The van der Waals surface area contributed by atoms with E-state index in [1.165, 1.54) is 0 Å². The maximum Gasteiger partial charge on any atom is 0.190 e. The molecule has 188 valence electrons. The van der Waals surface area contributed by atoms with Gasteiger partial charge in [-0.05, 0) is 34.1 Å². The van der Waals surface area contributed by atoms with Crippen LogP contribution in [-0.4, -0.2) is 87.6 Å². The summed E-state index contributed by atoms with van der Waals surface area (Å²) < 4.78 is 41.4.